The van der Waals surface area contributed by atoms with Gasteiger partial charge in [0.1, 0.15) is 12.1 Å². The van der Waals surface area contributed by atoms with Gasteiger partial charge in [0.05, 0.1) is 0 Å². The lowest BCUT2D eigenvalue weighted by Crippen LogP contribution is -2.48. The van der Waals surface area contributed by atoms with E-state index in [-0.39, 0.29) is 43.0 Å². The van der Waals surface area contributed by atoms with Crippen LogP contribution in [0.3, 0.4) is 0 Å². The number of halogens is 3. The Labute approximate surface area is 224 Å². The first kappa shape index (κ1) is 31.9. The van der Waals surface area contributed by atoms with Crippen LogP contribution in [0.2, 0.25) is 0 Å². The van der Waals surface area contributed by atoms with E-state index in [1.165, 1.54) is 24.2 Å². The molecule has 3 aliphatic rings. The van der Waals surface area contributed by atoms with Crippen LogP contribution in [0.1, 0.15) is 97.3 Å². The maximum atomic E-state index is 12.3. The zero-order valence-corrected chi connectivity index (χ0v) is 22.8. The van der Waals surface area contributed by atoms with Gasteiger partial charge >= 0.3 is 6.18 Å². The smallest absolute Gasteiger partial charge is 0.368 e. The van der Waals surface area contributed by atoms with Crippen LogP contribution in [-0.2, 0) is 19.2 Å². The normalized spacial score (nSPS) is 24.6. The molecule has 4 unspecified atom stereocenters. The quantitative estimate of drug-likeness (QED) is 0.431. The van der Waals surface area contributed by atoms with Crippen molar-refractivity contribution in [3.63, 3.8) is 0 Å². The number of carbonyl (C=O) groups excluding carboxylic acids is 4. The second-order valence-corrected chi connectivity index (χ2v) is 11.1. The minimum absolute atomic E-state index is 0.0114. The van der Waals surface area contributed by atoms with Crippen LogP contribution in [0.5, 0.6) is 0 Å². The molecule has 1 aliphatic carbocycles. The summed E-state index contributed by atoms with van der Waals surface area (Å²) >= 11 is 0. The number of rotatable bonds is 10. The molecule has 3 rings (SSSR count). The highest BCUT2D eigenvalue weighted by atomic mass is 19.4. The average Bonchev–Trinajstić information content (AvgIpc) is 3.67. The molecule has 0 bridgehead atoms. The highest BCUT2D eigenvalue weighted by Crippen LogP contribution is 2.38. The van der Waals surface area contributed by atoms with Crippen LogP contribution in [0, 0.1) is 17.8 Å². The van der Waals surface area contributed by atoms with Gasteiger partial charge in [0.2, 0.25) is 23.6 Å². The molecule has 0 aromatic heterocycles. The fourth-order valence-corrected chi connectivity index (χ4v) is 5.69. The lowest BCUT2D eigenvalue weighted by atomic mass is 9.96. The molecule has 38 heavy (non-hydrogen) atoms. The van der Waals surface area contributed by atoms with E-state index in [2.05, 4.69) is 0 Å². The summed E-state index contributed by atoms with van der Waals surface area (Å²) in [7, 11) is 0. The molecule has 1 saturated carbocycles. The second-order valence-electron chi connectivity index (χ2n) is 11.1. The molecule has 0 aromatic carbocycles. The monoisotopic (exact) mass is 546 g/mol. The summed E-state index contributed by atoms with van der Waals surface area (Å²) in [5.74, 6) is 0.173. The van der Waals surface area contributed by atoms with Crippen molar-refractivity contribution in [2.24, 2.45) is 29.2 Å². The summed E-state index contributed by atoms with van der Waals surface area (Å²) in [4.78, 5) is 50.0. The summed E-state index contributed by atoms with van der Waals surface area (Å²) in [5, 5.41) is 0. The van der Waals surface area contributed by atoms with E-state index in [1.807, 2.05) is 6.92 Å². The van der Waals surface area contributed by atoms with Crippen LogP contribution in [0.15, 0.2) is 0 Å². The Bertz CT molecular complexity index is 819. The molecular weight excluding hydrogens is 501 g/mol. The van der Waals surface area contributed by atoms with Gasteiger partial charge in [0.15, 0.2) is 0 Å². The maximum absolute atomic E-state index is 12.3. The fourth-order valence-electron chi connectivity index (χ4n) is 5.69. The van der Waals surface area contributed by atoms with E-state index < -0.39 is 30.6 Å². The SMILES string of the molecule is CCC(C(N)=O)N1CC(CC2CC2)CCCC1=O.CCC(C(N)=O)N1CC(CCC(F)(F)F)CCCC1=O. The van der Waals surface area contributed by atoms with Crippen molar-refractivity contribution in [2.75, 3.05) is 13.1 Å². The predicted octanol–water partition coefficient (Wildman–Crippen LogP) is 3.90. The van der Waals surface area contributed by atoms with Crippen molar-refractivity contribution in [1.82, 2.24) is 9.80 Å². The lowest BCUT2D eigenvalue weighted by Gasteiger charge is -2.30. The van der Waals surface area contributed by atoms with Gasteiger partial charge in [-0.2, -0.15) is 13.2 Å². The summed E-state index contributed by atoms with van der Waals surface area (Å²) in [6.07, 6.45) is 3.93. The van der Waals surface area contributed by atoms with Crippen LogP contribution >= 0.6 is 0 Å². The van der Waals surface area contributed by atoms with Gasteiger partial charge in [-0.25, -0.2) is 0 Å². The van der Waals surface area contributed by atoms with E-state index in [1.54, 1.807) is 11.8 Å². The first-order valence-electron chi connectivity index (χ1n) is 14.1. The molecule has 0 radical (unpaired) electrons. The van der Waals surface area contributed by atoms with Crippen LogP contribution in [0.25, 0.3) is 0 Å². The second kappa shape index (κ2) is 14.7. The Hall–Kier alpha value is -2.33. The predicted molar refractivity (Wildman–Crippen MR) is 137 cm³/mol. The average molecular weight is 547 g/mol. The minimum atomic E-state index is -4.19. The first-order valence-corrected chi connectivity index (χ1v) is 14.1. The molecular formula is C27H45F3N4O4. The van der Waals surface area contributed by atoms with Gasteiger partial charge in [0, 0.05) is 32.4 Å². The molecule has 8 nitrogen and oxygen atoms in total. The molecule has 0 aromatic rings. The lowest BCUT2D eigenvalue weighted by molar-refractivity contribution is -0.141. The number of primary amides is 2. The molecule has 11 heteroatoms. The number of nitrogens with zero attached hydrogens (tertiary/aromatic N) is 2. The molecule has 2 aliphatic heterocycles. The van der Waals surface area contributed by atoms with Gasteiger partial charge in [-0.15, -0.1) is 0 Å². The van der Waals surface area contributed by atoms with E-state index in [4.69, 9.17) is 11.5 Å². The standard InChI is InChI=1S/C14H24N2O2.C13H21F3N2O2/c1-2-12(14(15)18)16-9-11(8-10-6-7-10)4-3-5-13(16)17;1-2-10(12(17)20)18-8-9(4-3-5-11(18)19)6-7-13(14,15)16/h10-12H,2-9H2,1H3,(H2,15,18);9-10H,2-8H2,1H3,(H2,17,20). The molecule has 2 saturated heterocycles. The van der Waals surface area contributed by atoms with Gasteiger partial charge in [-0.1, -0.05) is 26.7 Å². The zero-order valence-electron chi connectivity index (χ0n) is 22.8. The summed E-state index contributed by atoms with van der Waals surface area (Å²) in [6, 6.07) is -1.12. The van der Waals surface area contributed by atoms with Gasteiger partial charge in [-0.3, -0.25) is 19.2 Å². The number of hydrogen-bond acceptors (Lipinski definition) is 4. The summed E-state index contributed by atoms with van der Waals surface area (Å²) in [6.45, 7) is 4.58. The Morgan fingerprint density at radius 1 is 0.816 bits per heavy atom. The maximum Gasteiger partial charge on any atom is 0.389 e. The molecule has 3 fully saturated rings. The van der Waals surface area contributed by atoms with Gasteiger partial charge < -0.3 is 21.3 Å². The number of amides is 4. The summed E-state index contributed by atoms with van der Waals surface area (Å²) < 4.78 is 36.9. The van der Waals surface area contributed by atoms with E-state index >= 15 is 0 Å². The van der Waals surface area contributed by atoms with Crippen molar-refractivity contribution in [1.29, 1.82) is 0 Å². The van der Waals surface area contributed by atoms with Crippen LogP contribution in [-0.4, -0.2) is 64.8 Å². The van der Waals surface area contributed by atoms with Gasteiger partial charge in [-0.05, 0) is 69.1 Å². The zero-order chi connectivity index (χ0) is 28.5. The molecule has 4 atom stereocenters. The minimum Gasteiger partial charge on any atom is -0.368 e. The topological polar surface area (TPSA) is 127 Å². The number of alkyl halides is 3. The Morgan fingerprint density at radius 3 is 1.66 bits per heavy atom. The third-order valence-corrected chi connectivity index (χ3v) is 7.94. The number of carbonyl (C=O) groups is 4. The van der Waals surface area contributed by atoms with Crippen molar-refractivity contribution in [3.8, 4) is 0 Å². The fraction of sp³-hybridized carbons (Fsp3) is 0.852. The Kier molecular flexibility index (Phi) is 12.4. The molecule has 218 valence electrons. The molecule has 0 spiro atoms. The Morgan fingerprint density at radius 2 is 1.26 bits per heavy atom. The molecule has 4 amide bonds. The van der Waals surface area contributed by atoms with Crippen LogP contribution in [0.4, 0.5) is 13.2 Å². The van der Waals surface area contributed by atoms with Crippen molar-refractivity contribution >= 4 is 23.6 Å². The number of likely N-dealkylation sites (tertiary alicyclic amines) is 2. The largest absolute Gasteiger partial charge is 0.389 e. The summed E-state index contributed by atoms with van der Waals surface area (Å²) in [5.41, 5.74) is 10.7. The molecule has 2 heterocycles. The highest BCUT2D eigenvalue weighted by molar-refractivity contribution is 5.87. The third kappa shape index (κ3) is 10.4. The van der Waals surface area contributed by atoms with Crippen molar-refractivity contribution in [2.45, 2.75) is 116 Å². The van der Waals surface area contributed by atoms with Crippen molar-refractivity contribution < 1.29 is 32.3 Å². The number of nitrogens with two attached hydrogens (primary N) is 2. The van der Waals surface area contributed by atoms with E-state index in [9.17, 15) is 32.3 Å². The van der Waals surface area contributed by atoms with Crippen LogP contribution < -0.4 is 11.5 Å². The molecule has 4 N–H and O–H groups in total. The Balaban J connectivity index is 0.000000268. The third-order valence-electron chi connectivity index (χ3n) is 7.94. The van der Waals surface area contributed by atoms with E-state index in [0.29, 0.717) is 38.0 Å². The van der Waals surface area contributed by atoms with Crippen molar-refractivity contribution in [3.05, 3.63) is 0 Å². The van der Waals surface area contributed by atoms with Gasteiger partial charge in [0.25, 0.3) is 0 Å². The first-order chi connectivity index (χ1) is 17.9. The van der Waals surface area contributed by atoms with E-state index in [0.717, 1.165) is 25.3 Å². The highest BCUT2D eigenvalue weighted by Gasteiger charge is 2.35. The number of hydrogen-bond donors (Lipinski definition) is 2.